The lowest BCUT2D eigenvalue weighted by molar-refractivity contribution is -0.118. The zero-order chi connectivity index (χ0) is 12.5. The number of rotatable bonds is 4. The summed E-state index contributed by atoms with van der Waals surface area (Å²) in [4.78, 5) is 12.0. The molecule has 1 aromatic rings. The summed E-state index contributed by atoms with van der Waals surface area (Å²) in [7, 11) is 1.91. The number of halogens is 1. The monoisotopic (exact) mass is 268 g/mol. The van der Waals surface area contributed by atoms with E-state index in [1.807, 2.05) is 31.3 Å². The highest BCUT2D eigenvalue weighted by molar-refractivity contribution is 5.95. The summed E-state index contributed by atoms with van der Waals surface area (Å²) in [6.07, 6.45) is 0.993. The van der Waals surface area contributed by atoms with Gasteiger partial charge < -0.3 is 10.6 Å². The smallest absolute Gasteiger partial charge is 0.228 e. The van der Waals surface area contributed by atoms with Crippen LogP contribution in [0.2, 0.25) is 0 Å². The summed E-state index contributed by atoms with van der Waals surface area (Å²) in [6, 6.07) is 7.93. The van der Waals surface area contributed by atoms with Crippen molar-refractivity contribution in [2.75, 3.05) is 12.4 Å². The van der Waals surface area contributed by atoms with Crippen molar-refractivity contribution in [1.29, 1.82) is 0 Å². The van der Waals surface area contributed by atoms with Gasteiger partial charge in [0.25, 0.3) is 0 Å². The Morgan fingerprint density at radius 1 is 1.39 bits per heavy atom. The van der Waals surface area contributed by atoms with E-state index < -0.39 is 0 Å². The number of benzene rings is 1. The van der Waals surface area contributed by atoms with Crippen molar-refractivity contribution in [3.8, 4) is 0 Å². The Hall–Kier alpha value is -1.06. The van der Waals surface area contributed by atoms with Gasteiger partial charge in [0.2, 0.25) is 5.91 Å². The standard InChI is InChI=1S/C14H20N2O.ClH/c1-14(2)8-11(14)13(17)16-12-7-5-4-6-10(12)9-15-3;/h4-7,11,15H,8-9H2,1-3H3,(H,16,17);1H. The van der Waals surface area contributed by atoms with Crippen LogP contribution in [0.1, 0.15) is 25.8 Å². The molecule has 2 N–H and O–H groups in total. The molecule has 4 heteroatoms. The minimum Gasteiger partial charge on any atom is -0.326 e. The summed E-state index contributed by atoms with van der Waals surface area (Å²) in [6.45, 7) is 5.04. The average Bonchev–Trinajstić information content (AvgIpc) is 2.91. The molecule has 2 rings (SSSR count). The Labute approximate surface area is 115 Å². The minimum atomic E-state index is 0. The predicted molar refractivity (Wildman–Crippen MR) is 77.0 cm³/mol. The number of anilines is 1. The molecule has 1 saturated carbocycles. The van der Waals surface area contributed by atoms with E-state index in [0.717, 1.165) is 24.2 Å². The number of hydrogen-bond acceptors (Lipinski definition) is 2. The van der Waals surface area contributed by atoms with E-state index in [2.05, 4.69) is 24.5 Å². The fraction of sp³-hybridized carbons (Fsp3) is 0.500. The van der Waals surface area contributed by atoms with Crippen molar-refractivity contribution in [3.63, 3.8) is 0 Å². The van der Waals surface area contributed by atoms with Crippen LogP contribution in [0.15, 0.2) is 24.3 Å². The Balaban J connectivity index is 0.00000162. The van der Waals surface area contributed by atoms with Crippen molar-refractivity contribution in [1.82, 2.24) is 5.32 Å². The van der Waals surface area contributed by atoms with E-state index in [4.69, 9.17) is 0 Å². The molecule has 1 amide bonds. The van der Waals surface area contributed by atoms with Crippen LogP contribution in [0.4, 0.5) is 5.69 Å². The molecule has 18 heavy (non-hydrogen) atoms. The topological polar surface area (TPSA) is 41.1 Å². The quantitative estimate of drug-likeness (QED) is 0.882. The molecule has 0 radical (unpaired) electrons. The number of amides is 1. The first kappa shape index (κ1) is 15.0. The first-order chi connectivity index (χ1) is 8.04. The van der Waals surface area contributed by atoms with E-state index in [1.165, 1.54) is 0 Å². The maximum Gasteiger partial charge on any atom is 0.228 e. The van der Waals surface area contributed by atoms with Crippen LogP contribution < -0.4 is 10.6 Å². The first-order valence-corrected chi connectivity index (χ1v) is 6.08. The van der Waals surface area contributed by atoms with Gasteiger partial charge in [-0.2, -0.15) is 0 Å². The molecule has 0 aromatic heterocycles. The van der Waals surface area contributed by atoms with Gasteiger partial charge in [-0.25, -0.2) is 0 Å². The van der Waals surface area contributed by atoms with Crippen LogP contribution in [0.5, 0.6) is 0 Å². The fourth-order valence-electron chi connectivity index (χ4n) is 2.12. The molecule has 100 valence electrons. The zero-order valence-electron chi connectivity index (χ0n) is 11.1. The van der Waals surface area contributed by atoms with Gasteiger partial charge in [0.15, 0.2) is 0 Å². The molecular formula is C14H21ClN2O. The predicted octanol–water partition coefficient (Wildman–Crippen LogP) is 2.81. The second-order valence-electron chi connectivity index (χ2n) is 5.42. The normalized spacial score (nSPS) is 19.8. The molecule has 0 saturated heterocycles. The maximum absolute atomic E-state index is 12.0. The number of nitrogens with one attached hydrogen (secondary N) is 2. The highest BCUT2D eigenvalue weighted by Gasteiger charge is 2.50. The van der Waals surface area contributed by atoms with Crippen molar-refractivity contribution >= 4 is 24.0 Å². The Morgan fingerprint density at radius 2 is 2.00 bits per heavy atom. The zero-order valence-corrected chi connectivity index (χ0v) is 11.9. The summed E-state index contributed by atoms with van der Waals surface area (Å²) >= 11 is 0. The SMILES string of the molecule is CNCc1ccccc1NC(=O)C1CC1(C)C.Cl. The van der Waals surface area contributed by atoms with Gasteiger partial charge >= 0.3 is 0 Å². The van der Waals surface area contributed by atoms with Crippen LogP contribution in [0.3, 0.4) is 0 Å². The van der Waals surface area contributed by atoms with Crippen LogP contribution in [-0.4, -0.2) is 13.0 Å². The third-order valence-corrected chi connectivity index (χ3v) is 3.47. The summed E-state index contributed by atoms with van der Waals surface area (Å²) in [5.74, 6) is 0.323. The molecule has 3 nitrogen and oxygen atoms in total. The van der Waals surface area contributed by atoms with E-state index in [1.54, 1.807) is 0 Å². The van der Waals surface area contributed by atoms with Crippen LogP contribution >= 0.6 is 12.4 Å². The second kappa shape index (κ2) is 5.72. The van der Waals surface area contributed by atoms with Crippen molar-refractivity contribution in [3.05, 3.63) is 29.8 Å². The van der Waals surface area contributed by atoms with Gasteiger partial charge in [0.05, 0.1) is 0 Å². The summed E-state index contributed by atoms with van der Waals surface area (Å²) < 4.78 is 0. The highest BCUT2D eigenvalue weighted by atomic mass is 35.5. The van der Waals surface area contributed by atoms with Crippen LogP contribution in [0.25, 0.3) is 0 Å². The molecule has 1 atom stereocenters. The van der Waals surface area contributed by atoms with Crippen LogP contribution in [-0.2, 0) is 11.3 Å². The van der Waals surface area contributed by atoms with Crippen molar-refractivity contribution in [2.24, 2.45) is 11.3 Å². The maximum atomic E-state index is 12.0. The lowest BCUT2D eigenvalue weighted by Gasteiger charge is -2.11. The molecule has 0 aliphatic heterocycles. The van der Waals surface area contributed by atoms with Gasteiger partial charge in [0, 0.05) is 18.2 Å². The largest absolute Gasteiger partial charge is 0.326 e. The van der Waals surface area contributed by atoms with Crippen LogP contribution in [0, 0.1) is 11.3 Å². The van der Waals surface area contributed by atoms with E-state index in [9.17, 15) is 4.79 Å². The molecular weight excluding hydrogens is 248 g/mol. The Bertz CT molecular complexity index is 432. The van der Waals surface area contributed by atoms with Gasteiger partial charge in [0.1, 0.15) is 0 Å². The number of hydrogen-bond donors (Lipinski definition) is 2. The molecule has 1 aliphatic carbocycles. The molecule has 1 aromatic carbocycles. The number of para-hydroxylation sites is 1. The van der Waals surface area contributed by atoms with Gasteiger partial charge in [-0.1, -0.05) is 32.0 Å². The molecule has 0 bridgehead atoms. The minimum absolute atomic E-state index is 0. The number of carbonyl (C=O) groups excluding carboxylic acids is 1. The summed E-state index contributed by atoms with van der Waals surface area (Å²) in [5.41, 5.74) is 2.23. The van der Waals surface area contributed by atoms with E-state index >= 15 is 0 Å². The molecule has 1 aliphatic rings. The molecule has 1 unspecified atom stereocenters. The second-order valence-corrected chi connectivity index (χ2v) is 5.42. The lowest BCUT2D eigenvalue weighted by Crippen LogP contribution is -2.18. The molecule has 0 heterocycles. The van der Waals surface area contributed by atoms with Gasteiger partial charge in [-0.3, -0.25) is 4.79 Å². The van der Waals surface area contributed by atoms with Crippen molar-refractivity contribution < 1.29 is 4.79 Å². The average molecular weight is 269 g/mol. The summed E-state index contributed by atoms with van der Waals surface area (Å²) in [5, 5.41) is 6.14. The number of carbonyl (C=O) groups is 1. The molecule has 0 spiro atoms. The van der Waals surface area contributed by atoms with Gasteiger partial charge in [-0.05, 0) is 30.5 Å². The third-order valence-electron chi connectivity index (χ3n) is 3.47. The lowest BCUT2D eigenvalue weighted by atomic mass is 10.1. The van der Waals surface area contributed by atoms with E-state index in [0.29, 0.717) is 0 Å². The Morgan fingerprint density at radius 3 is 2.56 bits per heavy atom. The van der Waals surface area contributed by atoms with Gasteiger partial charge in [-0.15, -0.1) is 12.4 Å². The highest BCUT2D eigenvalue weighted by Crippen LogP contribution is 2.52. The van der Waals surface area contributed by atoms with E-state index in [-0.39, 0.29) is 29.6 Å². The Kier molecular flexibility index (Phi) is 4.77. The fourth-order valence-corrected chi connectivity index (χ4v) is 2.12. The first-order valence-electron chi connectivity index (χ1n) is 6.08. The molecule has 1 fully saturated rings. The third kappa shape index (κ3) is 3.24. The van der Waals surface area contributed by atoms with Crippen molar-refractivity contribution in [2.45, 2.75) is 26.8 Å².